The Balaban J connectivity index is 2.84. The number of nitrogens with two attached hydrogens (primary N) is 1. The SMILES string of the molecule is NNC1(O)O[C@H](CO)[C@@H](O)[C@H](O)[C@H]1O. The minimum atomic E-state index is -2.38. The summed E-state index contributed by atoms with van der Waals surface area (Å²) < 4.78 is 4.68. The highest BCUT2D eigenvalue weighted by atomic mass is 16.7. The van der Waals surface area contributed by atoms with E-state index in [0.29, 0.717) is 0 Å². The second-order valence-electron chi connectivity index (χ2n) is 3.11. The molecular weight excluding hydrogens is 196 g/mol. The van der Waals surface area contributed by atoms with E-state index in [1.165, 1.54) is 0 Å². The summed E-state index contributed by atoms with van der Waals surface area (Å²) >= 11 is 0. The van der Waals surface area contributed by atoms with Crippen LogP contribution in [0.15, 0.2) is 0 Å². The number of aliphatic hydroxyl groups excluding tert-OH is 4. The maximum absolute atomic E-state index is 9.45. The summed E-state index contributed by atoms with van der Waals surface area (Å²) in [6.45, 7) is -0.630. The van der Waals surface area contributed by atoms with E-state index in [1.54, 1.807) is 5.43 Å². The smallest absolute Gasteiger partial charge is 0.268 e. The van der Waals surface area contributed by atoms with Crippen molar-refractivity contribution in [3.05, 3.63) is 0 Å². The van der Waals surface area contributed by atoms with Crippen molar-refractivity contribution in [1.29, 1.82) is 0 Å². The largest absolute Gasteiger partial charge is 0.394 e. The quantitative estimate of drug-likeness (QED) is 0.137. The molecule has 1 saturated heterocycles. The molecule has 0 aromatic heterocycles. The van der Waals surface area contributed by atoms with E-state index in [4.69, 9.17) is 10.9 Å². The van der Waals surface area contributed by atoms with Gasteiger partial charge in [0.25, 0.3) is 5.91 Å². The number of hydrogen-bond acceptors (Lipinski definition) is 8. The monoisotopic (exact) mass is 210 g/mol. The van der Waals surface area contributed by atoms with Gasteiger partial charge in [-0.1, -0.05) is 0 Å². The molecule has 0 aromatic rings. The van der Waals surface area contributed by atoms with Crippen molar-refractivity contribution in [3.8, 4) is 0 Å². The first-order valence-corrected chi connectivity index (χ1v) is 3.99. The van der Waals surface area contributed by atoms with E-state index in [9.17, 15) is 20.4 Å². The Labute approximate surface area is 79.5 Å². The van der Waals surface area contributed by atoms with Crippen molar-refractivity contribution in [2.45, 2.75) is 30.3 Å². The molecule has 1 unspecified atom stereocenters. The summed E-state index contributed by atoms with van der Waals surface area (Å²) in [7, 11) is 0. The van der Waals surface area contributed by atoms with Crippen molar-refractivity contribution in [2.75, 3.05) is 6.61 Å². The summed E-state index contributed by atoms with van der Waals surface area (Å²) in [4.78, 5) is 0. The standard InChI is InChI=1S/C6H14N2O6/c7-8-6(13)5(12)4(11)3(10)2(1-9)14-6/h2-5,8-13H,1,7H2/t2-,3-,4+,5-,6?/m1/s1. The summed E-state index contributed by atoms with van der Waals surface area (Å²) in [6, 6.07) is 0. The zero-order chi connectivity index (χ0) is 10.9. The highest BCUT2D eigenvalue weighted by Crippen LogP contribution is 2.25. The number of nitrogens with one attached hydrogen (secondary N) is 1. The van der Waals surface area contributed by atoms with Crippen LogP contribution in [-0.4, -0.2) is 62.5 Å². The van der Waals surface area contributed by atoms with Crippen molar-refractivity contribution >= 4 is 0 Å². The van der Waals surface area contributed by atoms with Gasteiger partial charge in [0.15, 0.2) is 6.10 Å². The molecule has 0 radical (unpaired) electrons. The third kappa shape index (κ3) is 1.74. The van der Waals surface area contributed by atoms with Gasteiger partial charge in [-0.15, -0.1) is 0 Å². The van der Waals surface area contributed by atoms with Crippen LogP contribution in [0.25, 0.3) is 0 Å². The zero-order valence-electron chi connectivity index (χ0n) is 7.24. The van der Waals surface area contributed by atoms with Gasteiger partial charge in [0.2, 0.25) is 0 Å². The molecule has 0 bridgehead atoms. The molecule has 0 spiro atoms. The van der Waals surface area contributed by atoms with Gasteiger partial charge in [-0.3, -0.25) is 5.84 Å². The molecule has 84 valence electrons. The highest BCUT2D eigenvalue weighted by Gasteiger charge is 2.52. The van der Waals surface area contributed by atoms with E-state index in [1.807, 2.05) is 0 Å². The lowest BCUT2D eigenvalue weighted by Crippen LogP contribution is -2.71. The maximum atomic E-state index is 9.45. The lowest BCUT2D eigenvalue weighted by Gasteiger charge is -2.44. The Morgan fingerprint density at radius 3 is 2.29 bits per heavy atom. The summed E-state index contributed by atoms with van der Waals surface area (Å²) in [5, 5.41) is 46.0. The van der Waals surface area contributed by atoms with Gasteiger partial charge < -0.3 is 30.3 Å². The second kappa shape index (κ2) is 4.04. The van der Waals surface area contributed by atoms with Crippen molar-refractivity contribution in [2.24, 2.45) is 5.84 Å². The van der Waals surface area contributed by atoms with Gasteiger partial charge in [0.05, 0.1) is 6.61 Å². The van der Waals surface area contributed by atoms with Crippen molar-refractivity contribution in [1.82, 2.24) is 5.43 Å². The molecule has 8 nitrogen and oxygen atoms in total. The van der Waals surface area contributed by atoms with Crippen LogP contribution in [0.3, 0.4) is 0 Å². The molecule has 14 heavy (non-hydrogen) atoms. The molecule has 1 fully saturated rings. The number of hydrazine groups is 1. The average Bonchev–Trinajstić information content (AvgIpc) is 2.20. The molecular formula is C6H14N2O6. The van der Waals surface area contributed by atoms with Crippen LogP contribution in [-0.2, 0) is 4.74 Å². The second-order valence-corrected chi connectivity index (χ2v) is 3.11. The molecule has 0 aliphatic carbocycles. The van der Waals surface area contributed by atoms with Crippen molar-refractivity contribution in [3.63, 3.8) is 0 Å². The molecule has 8 heteroatoms. The predicted octanol–water partition coefficient (Wildman–Crippen LogP) is -4.43. The number of rotatable bonds is 2. The molecule has 1 aliphatic rings. The van der Waals surface area contributed by atoms with Gasteiger partial charge in [0, 0.05) is 0 Å². The summed E-state index contributed by atoms with van der Waals surface area (Å²) in [6.07, 6.45) is -6.20. The van der Waals surface area contributed by atoms with E-state index in [2.05, 4.69) is 4.74 Å². The third-order valence-electron chi connectivity index (χ3n) is 2.17. The number of aliphatic hydroxyl groups is 5. The number of hydrogen-bond donors (Lipinski definition) is 7. The Hall–Kier alpha value is -0.320. The van der Waals surface area contributed by atoms with Crippen LogP contribution >= 0.6 is 0 Å². The van der Waals surface area contributed by atoms with E-state index >= 15 is 0 Å². The molecule has 5 atom stereocenters. The Morgan fingerprint density at radius 2 is 1.86 bits per heavy atom. The van der Waals surface area contributed by atoms with E-state index in [-0.39, 0.29) is 0 Å². The van der Waals surface area contributed by atoms with Crippen LogP contribution in [0, 0.1) is 0 Å². The zero-order valence-corrected chi connectivity index (χ0v) is 7.24. The van der Waals surface area contributed by atoms with Crippen LogP contribution < -0.4 is 11.3 Å². The third-order valence-corrected chi connectivity index (χ3v) is 2.17. The Morgan fingerprint density at radius 1 is 1.29 bits per heavy atom. The first-order chi connectivity index (χ1) is 6.46. The molecule has 0 aromatic carbocycles. The molecule has 1 rings (SSSR count). The number of ether oxygens (including phenoxy) is 1. The topological polar surface area (TPSA) is 148 Å². The van der Waals surface area contributed by atoms with Gasteiger partial charge in [0.1, 0.15) is 18.3 Å². The predicted molar refractivity (Wildman–Crippen MR) is 42.3 cm³/mol. The summed E-state index contributed by atoms with van der Waals surface area (Å²) in [5.74, 6) is 2.51. The summed E-state index contributed by atoms with van der Waals surface area (Å²) in [5.41, 5.74) is 1.75. The molecule has 1 heterocycles. The first-order valence-electron chi connectivity index (χ1n) is 3.99. The van der Waals surface area contributed by atoms with Crippen LogP contribution in [0.2, 0.25) is 0 Å². The fourth-order valence-corrected chi connectivity index (χ4v) is 1.27. The lowest BCUT2D eigenvalue weighted by atomic mass is 9.97. The van der Waals surface area contributed by atoms with E-state index in [0.717, 1.165) is 0 Å². The molecule has 0 saturated carbocycles. The maximum Gasteiger partial charge on any atom is 0.268 e. The fourth-order valence-electron chi connectivity index (χ4n) is 1.27. The van der Waals surface area contributed by atoms with Gasteiger partial charge in [-0.25, -0.2) is 5.43 Å². The average molecular weight is 210 g/mol. The van der Waals surface area contributed by atoms with Crippen LogP contribution in [0.1, 0.15) is 0 Å². The molecule has 0 amide bonds. The van der Waals surface area contributed by atoms with Gasteiger partial charge in [-0.2, -0.15) is 0 Å². The minimum absolute atomic E-state index is 0.630. The lowest BCUT2D eigenvalue weighted by molar-refractivity contribution is -0.362. The van der Waals surface area contributed by atoms with Gasteiger partial charge in [-0.05, 0) is 0 Å². The molecule has 1 aliphatic heterocycles. The fraction of sp³-hybridized carbons (Fsp3) is 1.00. The normalized spacial score (nSPS) is 49.3. The highest BCUT2D eigenvalue weighted by molar-refractivity contribution is 4.93. The van der Waals surface area contributed by atoms with E-state index < -0.39 is 36.9 Å². The van der Waals surface area contributed by atoms with Gasteiger partial charge >= 0.3 is 0 Å². The van der Waals surface area contributed by atoms with Crippen molar-refractivity contribution < 1.29 is 30.3 Å². The molecule has 8 N–H and O–H groups in total. The van der Waals surface area contributed by atoms with Crippen LogP contribution in [0.5, 0.6) is 0 Å². The Bertz CT molecular complexity index is 203. The van der Waals surface area contributed by atoms with Crippen LogP contribution in [0.4, 0.5) is 0 Å². The minimum Gasteiger partial charge on any atom is -0.394 e. The Kier molecular flexibility index (Phi) is 3.40. The first kappa shape index (κ1) is 11.8.